The number of nitrogens with one attached hydrogen (secondary N) is 1. The molecule has 0 radical (unpaired) electrons. The van der Waals surface area contributed by atoms with Crippen LogP contribution in [-0.2, 0) is 31.9 Å². The summed E-state index contributed by atoms with van der Waals surface area (Å²) < 4.78 is 42.6. The number of thiophene rings is 2. The molecular weight excluding hydrogens is 469 g/mol. The average molecular weight is 491 g/mol. The fourth-order valence-corrected chi connectivity index (χ4v) is 7.16. The number of alkyl halides is 3. The second-order valence-corrected chi connectivity index (χ2v) is 10.9. The molecule has 5 rings (SSSR count). The van der Waals surface area contributed by atoms with E-state index in [0.29, 0.717) is 22.7 Å². The molecule has 33 heavy (non-hydrogen) atoms. The lowest BCUT2D eigenvalue weighted by Crippen LogP contribution is -2.20. The smallest absolute Gasteiger partial charge is 0.397 e. The number of nitrogens with zero attached hydrogens (tertiary/aromatic N) is 2. The number of rotatable bonds is 2. The Balaban J connectivity index is 1.60. The van der Waals surface area contributed by atoms with E-state index in [1.807, 2.05) is 6.92 Å². The van der Waals surface area contributed by atoms with Gasteiger partial charge in [-0.25, -0.2) is 4.98 Å². The highest BCUT2D eigenvalue weighted by Crippen LogP contribution is 2.47. The van der Waals surface area contributed by atoms with Crippen molar-refractivity contribution in [3.05, 3.63) is 37.7 Å². The molecule has 172 valence electrons. The molecule has 0 bridgehead atoms. The van der Waals surface area contributed by atoms with E-state index in [9.17, 15) is 23.2 Å². The minimum Gasteiger partial charge on any atom is -0.397 e. The van der Waals surface area contributed by atoms with Crippen LogP contribution in [0.5, 0.6) is 0 Å². The number of nitrogen functional groups attached to an aromatic ring is 1. The van der Waals surface area contributed by atoms with Gasteiger partial charge in [-0.1, -0.05) is 6.92 Å². The first kappa shape index (κ1) is 22.2. The molecule has 0 aliphatic heterocycles. The lowest BCUT2D eigenvalue weighted by molar-refractivity contribution is -0.137. The molecule has 0 saturated heterocycles. The van der Waals surface area contributed by atoms with Gasteiger partial charge in [0.2, 0.25) is 0 Å². The Labute approximate surface area is 196 Å². The molecule has 3 aromatic rings. The van der Waals surface area contributed by atoms with Gasteiger partial charge in [0.1, 0.15) is 20.8 Å². The SMILES string of the molecule is C[C@H]1CCc2nc3sc(C(=O)Nc4sc5c(c4C#N)CCCC5)c(N)c3c(C(F)(F)F)c2C1. The van der Waals surface area contributed by atoms with Crippen molar-refractivity contribution < 1.29 is 18.0 Å². The van der Waals surface area contributed by atoms with E-state index in [4.69, 9.17) is 5.73 Å². The lowest BCUT2D eigenvalue weighted by atomic mass is 9.84. The number of halogens is 3. The molecule has 0 unspecified atom stereocenters. The van der Waals surface area contributed by atoms with E-state index in [0.717, 1.165) is 53.9 Å². The molecule has 1 atom stereocenters. The second-order valence-electron chi connectivity index (χ2n) is 8.76. The quantitative estimate of drug-likeness (QED) is 0.455. The first-order valence-electron chi connectivity index (χ1n) is 10.9. The molecule has 10 heteroatoms. The Morgan fingerprint density at radius 3 is 2.70 bits per heavy atom. The van der Waals surface area contributed by atoms with Gasteiger partial charge in [0.25, 0.3) is 5.91 Å². The van der Waals surface area contributed by atoms with Gasteiger partial charge in [-0.05, 0) is 62.0 Å². The van der Waals surface area contributed by atoms with Crippen molar-refractivity contribution in [1.82, 2.24) is 4.98 Å². The molecule has 2 aliphatic rings. The van der Waals surface area contributed by atoms with Gasteiger partial charge in [0, 0.05) is 16.0 Å². The van der Waals surface area contributed by atoms with Crippen LogP contribution in [0.2, 0.25) is 0 Å². The molecule has 0 aromatic carbocycles. The Morgan fingerprint density at radius 2 is 1.97 bits per heavy atom. The molecule has 0 saturated carbocycles. The van der Waals surface area contributed by atoms with E-state index in [1.54, 1.807) is 0 Å². The maximum absolute atomic E-state index is 14.2. The van der Waals surface area contributed by atoms with E-state index < -0.39 is 17.6 Å². The zero-order valence-electron chi connectivity index (χ0n) is 17.9. The number of carbonyl (C=O) groups is 1. The van der Waals surface area contributed by atoms with Gasteiger partial charge in [-0.3, -0.25) is 4.79 Å². The Morgan fingerprint density at radius 1 is 1.21 bits per heavy atom. The molecule has 3 N–H and O–H groups in total. The Kier molecular flexibility index (Phi) is 5.37. The van der Waals surface area contributed by atoms with Crippen LogP contribution in [0.15, 0.2) is 0 Å². The number of hydrogen-bond donors (Lipinski definition) is 2. The summed E-state index contributed by atoms with van der Waals surface area (Å²) in [6, 6.07) is 2.18. The van der Waals surface area contributed by atoms with Crippen LogP contribution in [0.3, 0.4) is 0 Å². The lowest BCUT2D eigenvalue weighted by Gasteiger charge is -2.25. The van der Waals surface area contributed by atoms with Crippen molar-refractivity contribution in [2.45, 2.75) is 58.0 Å². The Hall–Kier alpha value is -2.64. The number of aryl methyl sites for hydroxylation is 2. The Bertz CT molecular complexity index is 1330. The normalized spacial score (nSPS) is 18.0. The van der Waals surface area contributed by atoms with Crippen LogP contribution >= 0.6 is 22.7 Å². The average Bonchev–Trinajstić information content (AvgIpc) is 3.28. The number of pyridine rings is 1. The van der Waals surface area contributed by atoms with Gasteiger partial charge in [-0.15, -0.1) is 22.7 Å². The summed E-state index contributed by atoms with van der Waals surface area (Å²) in [6.45, 7) is 1.93. The zero-order chi connectivity index (χ0) is 23.5. The van der Waals surface area contributed by atoms with Crippen molar-refractivity contribution in [1.29, 1.82) is 5.26 Å². The predicted octanol–water partition coefficient (Wildman–Crippen LogP) is 6.09. The van der Waals surface area contributed by atoms with Crippen LogP contribution in [0, 0.1) is 17.2 Å². The number of amides is 1. The third kappa shape index (κ3) is 3.67. The maximum Gasteiger partial charge on any atom is 0.417 e. The van der Waals surface area contributed by atoms with Crippen molar-refractivity contribution in [2.24, 2.45) is 5.92 Å². The van der Waals surface area contributed by atoms with Crippen LogP contribution < -0.4 is 11.1 Å². The highest BCUT2D eigenvalue weighted by atomic mass is 32.1. The molecule has 5 nitrogen and oxygen atoms in total. The molecule has 3 heterocycles. The summed E-state index contributed by atoms with van der Waals surface area (Å²) in [5.74, 6) is -0.486. The first-order valence-corrected chi connectivity index (χ1v) is 12.5. The van der Waals surface area contributed by atoms with Gasteiger partial charge in [-0.2, -0.15) is 18.4 Å². The number of nitriles is 1. The maximum atomic E-state index is 14.2. The van der Waals surface area contributed by atoms with Crippen molar-refractivity contribution >= 4 is 49.5 Å². The molecule has 1 amide bonds. The van der Waals surface area contributed by atoms with Crippen molar-refractivity contribution in [3.63, 3.8) is 0 Å². The third-order valence-corrected chi connectivity index (χ3v) is 8.80. The molecule has 3 aromatic heterocycles. The van der Waals surface area contributed by atoms with Gasteiger partial charge in [0.15, 0.2) is 0 Å². The summed E-state index contributed by atoms with van der Waals surface area (Å²) in [5, 5.41) is 12.6. The summed E-state index contributed by atoms with van der Waals surface area (Å²) in [5.41, 5.74) is 7.27. The van der Waals surface area contributed by atoms with Crippen molar-refractivity contribution in [3.8, 4) is 6.07 Å². The fraction of sp³-hybridized carbons (Fsp3) is 0.435. The van der Waals surface area contributed by atoms with E-state index in [-0.39, 0.29) is 38.7 Å². The number of fused-ring (bicyclic) bond motifs is 3. The standard InChI is InChI=1S/C23H21F3N4OS2/c1-10-6-7-14-12(8-10)17(23(24,25)26)16-18(28)19(33-22(16)29-14)20(31)30-21-13(9-27)11-4-2-3-5-15(11)32-21/h10H,2-8,28H2,1H3,(H,30,31)/t10-/m0/s1. The molecule has 0 fully saturated rings. The minimum atomic E-state index is -4.61. The number of nitrogens with two attached hydrogens (primary N) is 1. The van der Waals surface area contributed by atoms with Crippen LogP contribution in [0.1, 0.15) is 68.7 Å². The number of carbonyl (C=O) groups excluding carboxylic acids is 1. The van der Waals surface area contributed by atoms with Crippen molar-refractivity contribution in [2.75, 3.05) is 11.1 Å². The highest BCUT2D eigenvalue weighted by Gasteiger charge is 2.40. The van der Waals surface area contributed by atoms with Gasteiger partial charge < -0.3 is 11.1 Å². The second kappa shape index (κ2) is 7.99. The summed E-state index contributed by atoms with van der Waals surface area (Å²) >= 11 is 2.24. The minimum absolute atomic E-state index is 0.00587. The molecular formula is C23H21F3N4OS2. The number of aromatic nitrogens is 1. The fourth-order valence-electron chi connectivity index (χ4n) is 4.91. The largest absolute Gasteiger partial charge is 0.417 e. The predicted molar refractivity (Wildman–Crippen MR) is 124 cm³/mol. The third-order valence-electron chi connectivity index (χ3n) is 6.49. The highest BCUT2D eigenvalue weighted by molar-refractivity contribution is 7.21. The number of hydrogen-bond acceptors (Lipinski definition) is 6. The van der Waals surface area contributed by atoms with Gasteiger partial charge >= 0.3 is 6.18 Å². The van der Waals surface area contributed by atoms with Crippen LogP contribution in [0.25, 0.3) is 10.2 Å². The van der Waals surface area contributed by atoms with Gasteiger partial charge in [0.05, 0.1) is 16.8 Å². The van der Waals surface area contributed by atoms with Crippen LogP contribution in [0.4, 0.5) is 23.9 Å². The number of anilines is 2. The summed E-state index contributed by atoms with van der Waals surface area (Å²) in [6.07, 6.45) is 0.603. The molecule has 2 aliphatic carbocycles. The van der Waals surface area contributed by atoms with E-state index in [1.165, 1.54) is 11.3 Å². The monoisotopic (exact) mass is 490 g/mol. The van der Waals surface area contributed by atoms with E-state index >= 15 is 0 Å². The van der Waals surface area contributed by atoms with E-state index in [2.05, 4.69) is 16.4 Å². The topological polar surface area (TPSA) is 91.8 Å². The zero-order valence-corrected chi connectivity index (χ0v) is 19.5. The molecule has 0 spiro atoms. The van der Waals surface area contributed by atoms with Crippen LogP contribution in [-0.4, -0.2) is 10.9 Å². The summed E-state index contributed by atoms with van der Waals surface area (Å²) in [4.78, 5) is 18.8. The first-order chi connectivity index (χ1) is 15.7. The summed E-state index contributed by atoms with van der Waals surface area (Å²) in [7, 11) is 0.